The average Bonchev–Trinajstić information content (AvgIpc) is 2.84. The maximum absolute atomic E-state index is 12.3. The Morgan fingerprint density at radius 1 is 0.971 bits per heavy atom. The quantitative estimate of drug-likeness (QED) is 0.270. The number of nitrogens with zero attached hydrogens (tertiary/aromatic N) is 1. The number of anilines is 1. The molecule has 176 valence electrons. The van der Waals surface area contributed by atoms with Crippen LogP contribution in [-0.2, 0) is 4.79 Å². The number of hydrogen-bond donors (Lipinski definition) is 2. The molecular formula is C24H21Br2N3O5. The van der Waals surface area contributed by atoms with Gasteiger partial charge in [-0.3, -0.25) is 9.59 Å². The van der Waals surface area contributed by atoms with Gasteiger partial charge in [0.2, 0.25) is 0 Å². The van der Waals surface area contributed by atoms with Crippen molar-refractivity contribution >= 4 is 55.6 Å². The summed E-state index contributed by atoms with van der Waals surface area (Å²) in [5.74, 6) is 0.785. The zero-order valence-corrected chi connectivity index (χ0v) is 21.5. The van der Waals surface area contributed by atoms with Crippen molar-refractivity contribution in [2.75, 3.05) is 26.1 Å². The molecule has 0 aliphatic rings. The summed E-state index contributed by atoms with van der Waals surface area (Å²) in [6.45, 7) is -0.225. The highest BCUT2D eigenvalue weighted by atomic mass is 79.9. The monoisotopic (exact) mass is 589 g/mol. The van der Waals surface area contributed by atoms with Crippen LogP contribution in [0.2, 0.25) is 0 Å². The Kier molecular flexibility index (Phi) is 9.06. The summed E-state index contributed by atoms with van der Waals surface area (Å²) in [6, 6.07) is 17.3. The Morgan fingerprint density at radius 3 is 2.32 bits per heavy atom. The number of halogens is 2. The van der Waals surface area contributed by atoms with Gasteiger partial charge in [-0.15, -0.1) is 0 Å². The molecule has 2 N–H and O–H groups in total. The first kappa shape index (κ1) is 25.3. The second kappa shape index (κ2) is 12.2. The van der Waals surface area contributed by atoms with Gasteiger partial charge in [-0.1, -0.05) is 15.9 Å². The third kappa shape index (κ3) is 7.06. The SMILES string of the molecule is COc1ccc(NC(=O)COc2c(Br)cc(/C=N/NC(=O)c3ccc(Br)cc3)cc2OC)cc1. The molecule has 3 aromatic rings. The molecule has 0 unspecified atom stereocenters. The molecule has 0 atom stereocenters. The van der Waals surface area contributed by atoms with Gasteiger partial charge in [-0.2, -0.15) is 5.10 Å². The van der Waals surface area contributed by atoms with E-state index in [9.17, 15) is 9.59 Å². The van der Waals surface area contributed by atoms with E-state index in [1.54, 1.807) is 67.8 Å². The Balaban J connectivity index is 1.60. The van der Waals surface area contributed by atoms with Crippen molar-refractivity contribution in [3.63, 3.8) is 0 Å². The minimum absolute atomic E-state index is 0.225. The molecule has 0 heterocycles. The molecular weight excluding hydrogens is 570 g/mol. The Morgan fingerprint density at radius 2 is 1.68 bits per heavy atom. The molecule has 0 radical (unpaired) electrons. The molecule has 0 fully saturated rings. The summed E-state index contributed by atoms with van der Waals surface area (Å²) >= 11 is 6.76. The van der Waals surface area contributed by atoms with Gasteiger partial charge in [0.15, 0.2) is 18.1 Å². The third-order valence-electron chi connectivity index (χ3n) is 4.46. The highest BCUT2D eigenvalue weighted by Gasteiger charge is 2.14. The summed E-state index contributed by atoms with van der Waals surface area (Å²) in [5.41, 5.74) is 4.23. The third-order valence-corrected chi connectivity index (χ3v) is 5.58. The van der Waals surface area contributed by atoms with Gasteiger partial charge in [0.1, 0.15) is 5.75 Å². The molecule has 2 amide bonds. The molecule has 3 aromatic carbocycles. The standard InChI is InChI=1S/C24H21Br2N3O5/c1-32-19-9-7-18(8-10-19)28-22(30)14-34-23-20(26)11-15(12-21(23)33-2)13-27-29-24(31)16-3-5-17(25)6-4-16/h3-13H,14H2,1-2H3,(H,28,30)(H,29,31)/b27-13+. The van der Waals surface area contributed by atoms with Crippen LogP contribution < -0.4 is 25.0 Å². The van der Waals surface area contributed by atoms with Crippen LogP contribution >= 0.6 is 31.9 Å². The number of ether oxygens (including phenoxy) is 3. The fourth-order valence-corrected chi connectivity index (χ4v) is 3.63. The average molecular weight is 591 g/mol. The second-order valence-electron chi connectivity index (χ2n) is 6.81. The minimum atomic E-state index is -0.336. The normalized spacial score (nSPS) is 10.6. The molecule has 10 heteroatoms. The number of carbonyl (C=O) groups is 2. The van der Waals surface area contributed by atoms with E-state index < -0.39 is 0 Å². The van der Waals surface area contributed by atoms with E-state index in [2.05, 4.69) is 47.7 Å². The number of methoxy groups -OCH3 is 2. The van der Waals surface area contributed by atoms with Crippen molar-refractivity contribution in [3.8, 4) is 17.2 Å². The van der Waals surface area contributed by atoms with Crippen LogP contribution in [0.3, 0.4) is 0 Å². The predicted molar refractivity (Wildman–Crippen MR) is 137 cm³/mol. The lowest BCUT2D eigenvalue weighted by Gasteiger charge is -2.13. The number of nitrogens with one attached hydrogen (secondary N) is 2. The van der Waals surface area contributed by atoms with Gasteiger partial charge in [-0.25, -0.2) is 5.43 Å². The molecule has 0 saturated carbocycles. The van der Waals surface area contributed by atoms with Crippen molar-refractivity contribution in [3.05, 3.63) is 80.7 Å². The Labute approximate surface area is 213 Å². The molecule has 3 rings (SSSR count). The fraction of sp³-hybridized carbons (Fsp3) is 0.125. The first-order valence-electron chi connectivity index (χ1n) is 9.93. The number of amides is 2. The van der Waals surface area contributed by atoms with E-state index in [1.807, 2.05) is 0 Å². The summed E-state index contributed by atoms with van der Waals surface area (Å²) in [4.78, 5) is 24.4. The topological polar surface area (TPSA) is 98.3 Å². The van der Waals surface area contributed by atoms with E-state index in [-0.39, 0.29) is 18.4 Å². The van der Waals surface area contributed by atoms with Gasteiger partial charge in [0, 0.05) is 15.7 Å². The molecule has 8 nitrogen and oxygen atoms in total. The van der Waals surface area contributed by atoms with Crippen molar-refractivity contribution in [1.82, 2.24) is 5.43 Å². The zero-order valence-electron chi connectivity index (χ0n) is 18.3. The minimum Gasteiger partial charge on any atom is -0.497 e. The lowest BCUT2D eigenvalue weighted by molar-refractivity contribution is -0.118. The summed E-state index contributed by atoms with van der Waals surface area (Å²) < 4.78 is 17.6. The van der Waals surface area contributed by atoms with E-state index in [0.717, 1.165) is 4.47 Å². The van der Waals surface area contributed by atoms with Crippen molar-refractivity contribution in [2.45, 2.75) is 0 Å². The summed E-state index contributed by atoms with van der Waals surface area (Å²) in [6.07, 6.45) is 1.48. The van der Waals surface area contributed by atoms with Gasteiger partial charge < -0.3 is 19.5 Å². The van der Waals surface area contributed by atoms with E-state index in [1.165, 1.54) is 13.3 Å². The zero-order chi connectivity index (χ0) is 24.5. The van der Waals surface area contributed by atoms with Crippen LogP contribution in [0.5, 0.6) is 17.2 Å². The van der Waals surface area contributed by atoms with Gasteiger partial charge in [0.25, 0.3) is 11.8 Å². The van der Waals surface area contributed by atoms with Crippen LogP contribution in [0, 0.1) is 0 Å². The van der Waals surface area contributed by atoms with E-state index >= 15 is 0 Å². The van der Waals surface area contributed by atoms with Gasteiger partial charge in [-0.05, 0) is 82.2 Å². The Bertz CT molecular complexity index is 1180. The first-order chi connectivity index (χ1) is 16.4. The second-order valence-corrected chi connectivity index (χ2v) is 8.58. The summed E-state index contributed by atoms with van der Waals surface area (Å²) in [7, 11) is 3.06. The first-order valence-corrected chi connectivity index (χ1v) is 11.5. The van der Waals surface area contributed by atoms with Crippen LogP contribution in [0.1, 0.15) is 15.9 Å². The predicted octanol–water partition coefficient (Wildman–Crippen LogP) is 5.01. The molecule has 0 saturated heterocycles. The Hall–Kier alpha value is -3.37. The number of hydrogen-bond acceptors (Lipinski definition) is 6. The lowest BCUT2D eigenvalue weighted by atomic mass is 10.2. The van der Waals surface area contributed by atoms with Gasteiger partial charge in [0.05, 0.1) is 24.9 Å². The van der Waals surface area contributed by atoms with E-state index in [0.29, 0.717) is 38.5 Å². The molecule has 0 aromatic heterocycles. The van der Waals surface area contributed by atoms with E-state index in [4.69, 9.17) is 14.2 Å². The number of hydrazone groups is 1. The number of benzene rings is 3. The smallest absolute Gasteiger partial charge is 0.271 e. The molecule has 34 heavy (non-hydrogen) atoms. The fourth-order valence-electron chi connectivity index (χ4n) is 2.79. The highest BCUT2D eigenvalue weighted by molar-refractivity contribution is 9.10. The molecule has 0 spiro atoms. The number of carbonyl (C=O) groups excluding carboxylic acids is 2. The molecule has 0 aliphatic carbocycles. The molecule has 0 bridgehead atoms. The van der Waals surface area contributed by atoms with Crippen molar-refractivity contribution in [1.29, 1.82) is 0 Å². The lowest BCUT2D eigenvalue weighted by Crippen LogP contribution is -2.20. The summed E-state index contributed by atoms with van der Waals surface area (Å²) in [5, 5.41) is 6.74. The van der Waals surface area contributed by atoms with Crippen LogP contribution in [0.4, 0.5) is 5.69 Å². The van der Waals surface area contributed by atoms with Gasteiger partial charge >= 0.3 is 0 Å². The maximum Gasteiger partial charge on any atom is 0.271 e. The van der Waals surface area contributed by atoms with Crippen LogP contribution in [0.25, 0.3) is 0 Å². The largest absolute Gasteiger partial charge is 0.497 e. The highest BCUT2D eigenvalue weighted by Crippen LogP contribution is 2.36. The van der Waals surface area contributed by atoms with Crippen molar-refractivity contribution in [2.24, 2.45) is 5.10 Å². The number of rotatable bonds is 9. The maximum atomic E-state index is 12.3. The molecule has 0 aliphatic heterocycles. The van der Waals surface area contributed by atoms with Crippen molar-refractivity contribution < 1.29 is 23.8 Å². The van der Waals surface area contributed by atoms with Crippen LogP contribution in [-0.4, -0.2) is 38.9 Å². The van der Waals surface area contributed by atoms with Crippen LogP contribution in [0.15, 0.2) is 74.7 Å².